The van der Waals surface area contributed by atoms with Crippen LogP contribution in [0.2, 0.25) is 15.1 Å². The summed E-state index contributed by atoms with van der Waals surface area (Å²) in [6.45, 7) is 0. The molecule has 0 saturated carbocycles. The second kappa shape index (κ2) is 6.03. The van der Waals surface area contributed by atoms with E-state index in [1.165, 1.54) is 0 Å². The second-order valence-corrected chi connectivity index (χ2v) is 5.61. The van der Waals surface area contributed by atoms with E-state index in [0.717, 1.165) is 12.1 Å². The molecule has 0 atom stereocenters. The van der Waals surface area contributed by atoms with E-state index >= 15 is 0 Å². The summed E-state index contributed by atoms with van der Waals surface area (Å²) in [5, 5.41) is -0.625. The van der Waals surface area contributed by atoms with E-state index in [1.54, 1.807) is 0 Å². The minimum Gasteiger partial charge on any atom is -0.251 e. The van der Waals surface area contributed by atoms with E-state index in [1.807, 2.05) is 0 Å². The molecule has 0 aliphatic rings. The molecule has 1 heterocycles. The molecular formula is C13H4Cl3F6N. The van der Waals surface area contributed by atoms with Gasteiger partial charge in [-0.05, 0) is 18.2 Å². The molecule has 0 aliphatic heterocycles. The number of benzene rings is 1. The molecule has 10 heteroatoms. The van der Waals surface area contributed by atoms with E-state index in [0.29, 0.717) is 6.07 Å². The smallest absolute Gasteiger partial charge is 0.251 e. The number of hydrogen-bond acceptors (Lipinski definition) is 1. The Morgan fingerprint density at radius 1 is 0.783 bits per heavy atom. The van der Waals surface area contributed by atoms with E-state index in [9.17, 15) is 26.3 Å². The van der Waals surface area contributed by atoms with E-state index in [4.69, 9.17) is 34.8 Å². The van der Waals surface area contributed by atoms with Crippen LogP contribution in [0.5, 0.6) is 0 Å². The van der Waals surface area contributed by atoms with Crippen molar-refractivity contribution in [2.24, 2.45) is 0 Å². The third-order valence-electron chi connectivity index (χ3n) is 2.76. The molecule has 0 saturated heterocycles. The van der Waals surface area contributed by atoms with E-state index in [2.05, 4.69) is 4.98 Å². The standard InChI is InChI=1S/C13H4Cl3F6N/c14-6-2-8(15)10(9(16)3-6)7-1-5(12(17,18)19)4-23-11(7)13(20,21)22/h1-4H. The van der Waals surface area contributed by atoms with Gasteiger partial charge in [-0.25, -0.2) is 0 Å². The minimum absolute atomic E-state index is 0.0252. The lowest BCUT2D eigenvalue weighted by molar-refractivity contribution is -0.143. The van der Waals surface area contributed by atoms with Crippen LogP contribution >= 0.6 is 34.8 Å². The lowest BCUT2D eigenvalue weighted by Gasteiger charge is -2.16. The summed E-state index contributed by atoms with van der Waals surface area (Å²) in [5.74, 6) is 0. The highest BCUT2D eigenvalue weighted by molar-refractivity contribution is 6.41. The summed E-state index contributed by atoms with van der Waals surface area (Å²) in [6.07, 6.45) is -9.77. The normalized spacial score (nSPS) is 12.6. The fourth-order valence-corrected chi connectivity index (χ4v) is 2.86. The summed E-state index contributed by atoms with van der Waals surface area (Å²) in [6, 6.07) is 2.45. The molecule has 0 fully saturated rings. The van der Waals surface area contributed by atoms with Crippen molar-refractivity contribution >= 4 is 34.8 Å². The number of nitrogens with zero attached hydrogens (tertiary/aromatic N) is 1. The third-order valence-corrected chi connectivity index (χ3v) is 3.57. The number of halogens is 9. The van der Waals surface area contributed by atoms with Crippen molar-refractivity contribution in [2.45, 2.75) is 12.4 Å². The number of alkyl halides is 6. The lowest BCUT2D eigenvalue weighted by Crippen LogP contribution is -2.14. The Hall–Kier alpha value is -1.18. The highest BCUT2D eigenvalue weighted by Crippen LogP contribution is 2.44. The van der Waals surface area contributed by atoms with Gasteiger partial charge in [0.15, 0.2) is 5.69 Å². The zero-order chi connectivity index (χ0) is 17.6. The van der Waals surface area contributed by atoms with Gasteiger partial charge in [0.2, 0.25) is 0 Å². The first-order valence-corrected chi connectivity index (χ1v) is 6.84. The number of aromatic nitrogens is 1. The molecule has 0 aliphatic carbocycles. The van der Waals surface area contributed by atoms with Crippen molar-refractivity contribution < 1.29 is 26.3 Å². The SMILES string of the molecule is FC(F)(F)c1cnc(C(F)(F)F)c(-c2c(Cl)cc(Cl)cc2Cl)c1. The van der Waals surface area contributed by atoms with Crippen LogP contribution in [0.3, 0.4) is 0 Å². The van der Waals surface area contributed by atoms with Crippen molar-refractivity contribution in [3.63, 3.8) is 0 Å². The predicted molar refractivity (Wildman–Crippen MR) is 74.7 cm³/mol. The maximum atomic E-state index is 13.0. The Balaban J connectivity index is 2.83. The van der Waals surface area contributed by atoms with Gasteiger partial charge < -0.3 is 0 Å². The first-order chi connectivity index (χ1) is 10.4. The van der Waals surface area contributed by atoms with Gasteiger partial charge in [-0.1, -0.05) is 34.8 Å². The molecular weight excluding hydrogens is 390 g/mol. The van der Waals surface area contributed by atoms with Gasteiger partial charge in [-0.15, -0.1) is 0 Å². The lowest BCUT2D eigenvalue weighted by atomic mass is 10.0. The molecule has 1 nitrogen and oxygen atoms in total. The fraction of sp³-hybridized carbons (Fsp3) is 0.154. The van der Waals surface area contributed by atoms with Gasteiger partial charge in [0.05, 0.1) is 15.6 Å². The van der Waals surface area contributed by atoms with Crippen molar-refractivity contribution in [1.29, 1.82) is 0 Å². The maximum absolute atomic E-state index is 13.0. The monoisotopic (exact) mass is 393 g/mol. The summed E-state index contributed by atoms with van der Waals surface area (Å²) >= 11 is 17.3. The van der Waals surface area contributed by atoms with Crippen molar-refractivity contribution in [3.8, 4) is 11.1 Å². The molecule has 1 aromatic heterocycles. The van der Waals surface area contributed by atoms with Crippen LogP contribution in [-0.2, 0) is 12.4 Å². The zero-order valence-corrected chi connectivity index (χ0v) is 12.9. The molecule has 2 rings (SSSR count). The Labute approximate surface area is 140 Å². The van der Waals surface area contributed by atoms with Gasteiger partial charge in [-0.3, -0.25) is 4.98 Å². The predicted octanol–water partition coefficient (Wildman–Crippen LogP) is 6.75. The summed E-state index contributed by atoms with van der Waals surface area (Å²) < 4.78 is 77.5. The van der Waals surface area contributed by atoms with Gasteiger partial charge in [0.25, 0.3) is 0 Å². The van der Waals surface area contributed by atoms with Crippen molar-refractivity contribution in [3.05, 3.63) is 50.7 Å². The molecule has 0 radical (unpaired) electrons. The Morgan fingerprint density at radius 2 is 1.30 bits per heavy atom. The quantitative estimate of drug-likeness (QED) is 0.488. The molecule has 0 spiro atoms. The van der Waals surface area contributed by atoms with Crippen LogP contribution in [0.1, 0.15) is 11.3 Å². The Kier molecular flexibility index (Phi) is 4.76. The molecule has 0 N–H and O–H groups in total. The van der Waals surface area contributed by atoms with Gasteiger partial charge in [-0.2, -0.15) is 26.3 Å². The maximum Gasteiger partial charge on any atom is 0.433 e. The number of pyridine rings is 1. The van der Waals surface area contributed by atoms with E-state index in [-0.39, 0.29) is 21.3 Å². The van der Waals surface area contributed by atoms with Crippen LogP contribution in [0.15, 0.2) is 24.4 Å². The topological polar surface area (TPSA) is 12.9 Å². The minimum atomic E-state index is -4.99. The van der Waals surface area contributed by atoms with Crippen molar-refractivity contribution in [1.82, 2.24) is 4.98 Å². The fourth-order valence-electron chi connectivity index (χ4n) is 1.84. The second-order valence-electron chi connectivity index (χ2n) is 4.36. The van der Waals surface area contributed by atoms with Gasteiger partial charge in [0.1, 0.15) is 0 Å². The summed E-state index contributed by atoms with van der Waals surface area (Å²) in [4.78, 5) is 2.90. The highest BCUT2D eigenvalue weighted by Gasteiger charge is 2.39. The Bertz CT molecular complexity index is 731. The Morgan fingerprint density at radius 3 is 1.74 bits per heavy atom. The van der Waals surface area contributed by atoms with Crippen molar-refractivity contribution in [2.75, 3.05) is 0 Å². The van der Waals surface area contributed by atoms with E-state index < -0.39 is 34.7 Å². The molecule has 0 unspecified atom stereocenters. The average Bonchev–Trinajstić information content (AvgIpc) is 2.34. The molecule has 0 amide bonds. The van der Waals surface area contributed by atoms with Crippen LogP contribution in [-0.4, -0.2) is 4.98 Å². The van der Waals surface area contributed by atoms with Gasteiger partial charge >= 0.3 is 12.4 Å². The zero-order valence-electron chi connectivity index (χ0n) is 10.7. The summed E-state index contributed by atoms with van der Waals surface area (Å²) in [7, 11) is 0. The largest absolute Gasteiger partial charge is 0.433 e. The number of rotatable bonds is 1. The van der Waals surface area contributed by atoms with Gasteiger partial charge in [0, 0.05) is 22.3 Å². The average molecular weight is 395 g/mol. The number of hydrogen-bond donors (Lipinski definition) is 0. The van der Waals surface area contributed by atoms with Crippen LogP contribution in [0.4, 0.5) is 26.3 Å². The van der Waals surface area contributed by atoms with Crippen LogP contribution in [0, 0.1) is 0 Å². The summed E-state index contributed by atoms with van der Waals surface area (Å²) in [5.41, 5.74) is -4.19. The molecule has 1 aromatic carbocycles. The molecule has 2 aromatic rings. The molecule has 23 heavy (non-hydrogen) atoms. The highest BCUT2D eigenvalue weighted by atomic mass is 35.5. The third kappa shape index (κ3) is 3.84. The van der Waals surface area contributed by atoms with Crippen LogP contribution < -0.4 is 0 Å². The first-order valence-electron chi connectivity index (χ1n) is 5.70. The first kappa shape index (κ1) is 18.2. The molecule has 124 valence electrons. The van der Waals surface area contributed by atoms with Crippen LogP contribution in [0.25, 0.3) is 11.1 Å². The molecule has 0 bridgehead atoms.